The van der Waals surface area contributed by atoms with Crippen LogP contribution in [-0.2, 0) is 20.0 Å². The zero-order valence-corrected chi connectivity index (χ0v) is 17.4. The molecule has 1 aliphatic rings. The van der Waals surface area contributed by atoms with Gasteiger partial charge in [0.15, 0.2) is 0 Å². The number of hydrogen-bond donors (Lipinski definition) is 1. The molecule has 1 N–H and O–H groups in total. The number of anilines is 1. The van der Waals surface area contributed by atoms with Crippen LogP contribution in [0.2, 0.25) is 0 Å². The van der Waals surface area contributed by atoms with Crippen molar-refractivity contribution in [2.45, 2.75) is 47.9 Å². The molecule has 0 spiro atoms. The molecule has 0 radical (unpaired) electrons. The molecule has 0 aromatic heterocycles. The zero-order valence-electron chi connectivity index (χ0n) is 15.8. The monoisotopic (exact) mass is 444 g/mol. The molecule has 1 fully saturated rings. The van der Waals surface area contributed by atoms with E-state index in [1.165, 1.54) is 28.6 Å². The van der Waals surface area contributed by atoms with Gasteiger partial charge in [-0.3, -0.25) is 4.72 Å². The third-order valence-corrected chi connectivity index (χ3v) is 8.30. The van der Waals surface area contributed by atoms with Gasteiger partial charge >= 0.3 is 0 Å². The molecule has 0 aliphatic heterocycles. The number of rotatable bonds is 6. The van der Waals surface area contributed by atoms with Gasteiger partial charge in [0.2, 0.25) is 10.0 Å². The summed E-state index contributed by atoms with van der Waals surface area (Å²) in [5.41, 5.74) is 0.0777. The second-order valence-electron chi connectivity index (χ2n) is 7.05. The molecule has 1 saturated carbocycles. The minimum atomic E-state index is -4.23. The van der Waals surface area contributed by atoms with E-state index in [1.807, 2.05) is 0 Å². The first-order valence-corrected chi connectivity index (χ1v) is 12.1. The Balaban J connectivity index is 1.79. The summed E-state index contributed by atoms with van der Waals surface area (Å²) >= 11 is 0. The molecule has 1 aliphatic carbocycles. The van der Waals surface area contributed by atoms with Crippen molar-refractivity contribution in [3.05, 3.63) is 54.1 Å². The highest BCUT2D eigenvalue weighted by Crippen LogP contribution is 2.27. The van der Waals surface area contributed by atoms with Crippen LogP contribution in [0.3, 0.4) is 0 Å². The Morgan fingerprint density at radius 3 is 1.97 bits per heavy atom. The first kappa shape index (κ1) is 21.7. The van der Waals surface area contributed by atoms with Crippen molar-refractivity contribution in [3.63, 3.8) is 0 Å². The lowest BCUT2D eigenvalue weighted by atomic mass is 9.96. The predicted octanol–water partition coefficient (Wildman–Crippen LogP) is 3.72. The van der Waals surface area contributed by atoms with E-state index in [4.69, 9.17) is 0 Å². The average molecular weight is 445 g/mol. The molecule has 0 bridgehead atoms. The van der Waals surface area contributed by atoms with Crippen LogP contribution < -0.4 is 4.72 Å². The number of nitrogens with zero attached hydrogens (tertiary/aromatic N) is 1. The van der Waals surface area contributed by atoms with Gasteiger partial charge < -0.3 is 0 Å². The topological polar surface area (TPSA) is 83.6 Å². The summed E-state index contributed by atoms with van der Waals surface area (Å²) in [4.78, 5) is -0.519. The van der Waals surface area contributed by atoms with Crippen LogP contribution in [0, 0.1) is 11.6 Å². The van der Waals surface area contributed by atoms with Crippen molar-refractivity contribution in [2.75, 3.05) is 11.8 Å². The number of sulfonamides is 2. The van der Waals surface area contributed by atoms with E-state index in [0.717, 1.165) is 32.1 Å². The maximum Gasteiger partial charge on any atom is 0.262 e. The summed E-state index contributed by atoms with van der Waals surface area (Å²) < 4.78 is 80.5. The Morgan fingerprint density at radius 2 is 1.41 bits per heavy atom. The molecule has 0 saturated heterocycles. The second-order valence-corrected chi connectivity index (χ2v) is 10.7. The van der Waals surface area contributed by atoms with Crippen molar-refractivity contribution in [3.8, 4) is 0 Å². The first-order chi connectivity index (χ1) is 13.6. The highest BCUT2D eigenvalue weighted by Gasteiger charge is 2.29. The van der Waals surface area contributed by atoms with Gasteiger partial charge in [-0.25, -0.2) is 25.6 Å². The van der Waals surface area contributed by atoms with Crippen LogP contribution in [0.15, 0.2) is 52.3 Å². The van der Waals surface area contributed by atoms with Crippen LogP contribution in [0.5, 0.6) is 0 Å². The molecule has 6 nitrogen and oxygen atoms in total. The number of hydrogen-bond acceptors (Lipinski definition) is 4. The number of benzene rings is 2. The highest BCUT2D eigenvalue weighted by atomic mass is 32.2. The average Bonchev–Trinajstić information content (AvgIpc) is 2.67. The molecule has 158 valence electrons. The van der Waals surface area contributed by atoms with E-state index < -0.39 is 36.6 Å². The van der Waals surface area contributed by atoms with E-state index in [-0.39, 0.29) is 16.6 Å². The fraction of sp³-hybridized carbons (Fsp3) is 0.368. The third kappa shape index (κ3) is 4.93. The Morgan fingerprint density at radius 1 is 0.862 bits per heavy atom. The summed E-state index contributed by atoms with van der Waals surface area (Å²) in [7, 11) is -6.38. The Labute approximate surface area is 169 Å². The molecule has 2 aromatic rings. The van der Waals surface area contributed by atoms with Crippen molar-refractivity contribution >= 4 is 25.7 Å². The Kier molecular flexibility index (Phi) is 6.25. The van der Waals surface area contributed by atoms with Gasteiger partial charge in [-0.05, 0) is 49.2 Å². The normalized spacial score (nSPS) is 16.1. The van der Waals surface area contributed by atoms with E-state index in [0.29, 0.717) is 18.2 Å². The molecule has 10 heteroatoms. The zero-order chi connectivity index (χ0) is 21.2. The molecule has 2 aromatic carbocycles. The minimum Gasteiger partial charge on any atom is -0.280 e. The maximum absolute atomic E-state index is 13.3. The summed E-state index contributed by atoms with van der Waals surface area (Å²) in [6.07, 6.45) is 4.72. The van der Waals surface area contributed by atoms with Gasteiger partial charge in [-0.1, -0.05) is 19.3 Å². The smallest absolute Gasteiger partial charge is 0.262 e. The maximum atomic E-state index is 13.3. The largest absolute Gasteiger partial charge is 0.280 e. The molecule has 0 atom stereocenters. The molecule has 3 rings (SSSR count). The van der Waals surface area contributed by atoms with E-state index in [9.17, 15) is 25.6 Å². The van der Waals surface area contributed by atoms with Crippen LogP contribution >= 0.6 is 0 Å². The van der Waals surface area contributed by atoms with Gasteiger partial charge in [-0.2, -0.15) is 4.31 Å². The van der Waals surface area contributed by atoms with Crippen LogP contribution in [-0.4, -0.2) is 34.2 Å². The number of halogens is 2. The van der Waals surface area contributed by atoms with Crippen LogP contribution in [0.1, 0.15) is 32.1 Å². The van der Waals surface area contributed by atoms with Gasteiger partial charge in [0, 0.05) is 24.8 Å². The fourth-order valence-electron chi connectivity index (χ4n) is 3.40. The molecule has 0 heterocycles. The fourth-order valence-corrected chi connectivity index (χ4v) is 5.92. The van der Waals surface area contributed by atoms with Gasteiger partial charge in [0.25, 0.3) is 10.0 Å². The van der Waals surface area contributed by atoms with Crippen molar-refractivity contribution in [1.29, 1.82) is 0 Å². The summed E-state index contributed by atoms with van der Waals surface area (Å²) in [5.74, 6) is -2.03. The molecule has 0 unspecified atom stereocenters. The van der Waals surface area contributed by atoms with Crippen molar-refractivity contribution in [1.82, 2.24) is 4.31 Å². The molecule has 29 heavy (non-hydrogen) atoms. The van der Waals surface area contributed by atoms with Gasteiger partial charge in [-0.15, -0.1) is 0 Å². The summed E-state index contributed by atoms with van der Waals surface area (Å²) in [6, 6.07) is 7.13. The molecular formula is C19H22F2N2O4S2. The SMILES string of the molecule is CN(C1CCCCC1)S(=O)(=O)c1ccc(NS(=O)(=O)c2cc(F)cc(F)c2)cc1. The van der Waals surface area contributed by atoms with Crippen LogP contribution in [0.4, 0.5) is 14.5 Å². The standard InChI is InChI=1S/C19H22F2N2O4S2/c1-23(17-5-3-2-4-6-17)29(26,27)18-9-7-16(8-10-18)22-28(24,25)19-12-14(20)11-15(21)13-19/h7-13,17,22H,2-6H2,1H3. The highest BCUT2D eigenvalue weighted by molar-refractivity contribution is 7.92. The Bertz CT molecular complexity index is 1060. The lowest BCUT2D eigenvalue weighted by Crippen LogP contribution is -2.38. The van der Waals surface area contributed by atoms with E-state index >= 15 is 0 Å². The van der Waals surface area contributed by atoms with Crippen LogP contribution in [0.25, 0.3) is 0 Å². The molecule has 0 amide bonds. The van der Waals surface area contributed by atoms with Crippen molar-refractivity contribution < 1.29 is 25.6 Å². The minimum absolute atomic E-state index is 0.0465. The lowest BCUT2D eigenvalue weighted by Gasteiger charge is -2.30. The quantitative estimate of drug-likeness (QED) is 0.736. The lowest BCUT2D eigenvalue weighted by molar-refractivity contribution is 0.286. The van der Waals surface area contributed by atoms with E-state index in [1.54, 1.807) is 7.05 Å². The molecular weight excluding hydrogens is 422 g/mol. The van der Waals surface area contributed by atoms with E-state index in [2.05, 4.69) is 4.72 Å². The second kappa shape index (κ2) is 8.37. The summed E-state index contributed by atoms with van der Waals surface area (Å²) in [6.45, 7) is 0. The number of nitrogens with one attached hydrogen (secondary N) is 1. The first-order valence-electron chi connectivity index (χ1n) is 9.16. The predicted molar refractivity (Wildman–Crippen MR) is 105 cm³/mol. The Hall–Kier alpha value is -2.04. The van der Waals surface area contributed by atoms with Gasteiger partial charge in [0.05, 0.1) is 9.79 Å². The van der Waals surface area contributed by atoms with Gasteiger partial charge in [0.1, 0.15) is 11.6 Å². The third-order valence-electron chi connectivity index (χ3n) is 5.02. The van der Waals surface area contributed by atoms with Crippen molar-refractivity contribution in [2.24, 2.45) is 0 Å². The summed E-state index contributed by atoms with van der Waals surface area (Å²) in [5, 5.41) is 0.